The molecule has 2 aromatic carbocycles. The Labute approximate surface area is 230 Å². The number of unbranched alkanes of at least 4 members (excludes halogenated alkanes) is 5. The molecule has 0 bridgehead atoms. The number of nitrogens with one attached hydrogen (secondary N) is 1. The van der Waals surface area contributed by atoms with E-state index in [1.165, 1.54) is 37.7 Å². The number of benzene rings is 2. The first-order chi connectivity index (χ1) is 18.6. The fourth-order valence-electron chi connectivity index (χ4n) is 5.94. The summed E-state index contributed by atoms with van der Waals surface area (Å²) in [6, 6.07) is 16.7. The number of piperidine rings is 2. The molecule has 0 atom stereocenters. The van der Waals surface area contributed by atoms with Crippen molar-refractivity contribution in [2.24, 2.45) is 5.92 Å². The lowest BCUT2D eigenvalue weighted by molar-refractivity contribution is -0.116. The molecule has 0 aromatic heterocycles. The Morgan fingerprint density at radius 1 is 0.842 bits per heavy atom. The zero-order valence-electron chi connectivity index (χ0n) is 23.4. The molecule has 2 aliphatic heterocycles. The van der Waals surface area contributed by atoms with Crippen LogP contribution in [0.3, 0.4) is 0 Å². The Hall–Kier alpha value is -2.82. The van der Waals surface area contributed by atoms with Crippen molar-refractivity contribution >= 4 is 23.2 Å². The molecule has 0 aliphatic carbocycles. The minimum absolute atomic E-state index is 0.0475. The molecule has 206 valence electrons. The van der Waals surface area contributed by atoms with Crippen LogP contribution in [0.2, 0.25) is 0 Å². The number of carbonyl (C=O) groups is 2. The predicted octanol–water partition coefficient (Wildman–Crippen LogP) is 7.46. The second-order valence-electron chi connectivity index (χ2n) is 11.3. The van der Waals surface area contributed by atoms with Gasteiger partial charge in [-0.1, -0.05) is 69.4 Å². The average Bonchev–Trinajstić information content (AvgIpc) is 2.96. The number of hydrogen-bond acceptors (Lipinski definition) is 3. The topological polar surface area (TPSA) is 52.7 Å². The molecule has 2 fully saturated rings. The second-order valence-corrected chi connectivity index (χ2v) is 11.3. The number of nitrogens with zero attached hydrogens (tertiary/aromatic N) is 2. The number of amides is 2. The summed E-state index contributed by atoms with van der Waals surface area (Å²) in [6.07, 6.45) is 14.2. The highest BCUT2D eigenvalue weighted by atomic mass is 16.2. The number of rotatable bonds is 12. The van der Waals surface area contributed by atoms with Gasteiger partial charge >= 0.3 is 0 Å². The Morgan fingerprint density at radius 3 is 2.29 bits per heavy atom. The summed E-state index contributed by atoms with van der Waals surface area (Å²) < 4.78 is 0. The molecule has 2 aliphatic rings. The summed E-state index contributed by atoms with van der Waals surface area (Å²) in [5, 5.41) is 3.08. The van der Waals surface area contributed by atoms with Gasteiger partial charge in [-0.3, -0.25) is 9.59 Å². The first kappa shape index (κ1) is 28.2. The van der Waals surface area contributed by atoms with Crippen LogP contribution in [0.25, 0.3) is 0 Å². The summed E-state index contributed by atoms with van der Waals surface area (Å²) in [5.41, 5.74) is 3.91. The second kappa shape index (κ2) is 14.9. The molecule has 0 radical (unpaired) electrons. The quantitative estimate of drug-likeness (QED) is 0.297. The van der Waals surface area contributed by atoms with E-state index in [4.69, 9.17) is 0 Å². The molecular weight excluding hydrogens is 470 g/mol. The van der Waals surface area contributed by atoms with E-state index in [1.54, 1.807) is 0 Å². The molecule has 0 unspecified atom stereocenters. The van der Waals surface area contributed by atoms with E-state index in [2.05, 4.69) is 53.5 Å². The Balaban J connectivity index is 1.40. The number of likely N-dealkylation sites (tertiary alicyclic amines) is 1. The van der Waals surface area contributed by atoms with Crippen LogP contribution in [0.1, 0.15) is 99.9 Å². The van der Waals surface area contributed by atoms with E-state index >= 15 is 0 Å². The molecule has 2 heterocycles. The van der Waals surface area contributed by atoms with Gasteiger partial charge < -0.3 is 15.1 Å². The molecule has 1 N–H and O–H groups in total. The van der Waals surface area contributed by atoms with Crippen LogP contribution in [0, 0.1) is 5.92 Å². The van der Waals surface area contributed by atoms with E-state index < -0.39 is 0 Å². The number of carbonyl (C=O) groups excluding carboxylic acids is 2. The SMILES string of the molecule is CCCCCCCCC(=O)Nc1ccc(N2CCC(Cc3ccccc3)CC2)c(C(=O)N2CCCCC2)c1. The van der Waals surface area contributed by atoms with E-state index in [9.17, 15) is 9.59 Å². The van der Waals surface area contributed by atoms with E-state index in [0.717, 1.165) is 88.1 Å². The lowest BCUT2D eigenvalue weighted by Crippen LogP contribution is -2.39. The van der Waals surface area contributed by atoms with Gasteiger partial charge in [0.05, 0.1) is 5.56 Å². The largest absolute Gasteiger partial charge is 0.371 e. The normalized spacial score (nSPS) is 16.4. The zero-order chi connectivity index (χ0) is 26.6. The standard InChI is InChI=1S/C33H47N3O2/c1-2-3-4-5-6-11-16-32(37)34-29-17-18-31(30(26-29)33(38)36-21-12-8-13-22-36)35-23-19-28(20-24-35)25-27-14-9-7-10-15-27/h7,9-10,14-15,17-18,26,28H,2-6,8,11-13,16,19-25H2,1H3,(H,34,37). The molecule has 5 heteroatoms. The minimum Gasteiger partial charge on any atom is -0.371 e. The fraction of sp³-hybridized carbons (Fsp3) is 0.576. The van der Waals surface area contributed by atoms with Crippen molar-refractivity contribution in [1.29, 1.82) is 0 Å². The van der Waals surface area contributed by atoms with Crippen LogP contribution in [-0.2, 0) is 11.2 Å². The molecule has 4 rings (SSSR count). The molecule has 0 saturated carbocycles. The van der Waals surface area contributed by atoms with Gasteiger partial charge in [-0.05, 0) is 74.6 Å². The van der Waals surface area contributed by atoms with Crippen LogP contribution in [-0.4, -0.2) is 42.9 Å². The van der Waals surface area contributed by atoms with Crippen LogP contribution < -0.4 is 10.2 Å². The highest BCUT2D eigenvalue weighted by Gasteiger charge is 2.26. The fourth-order valence-corrected chi connectivity index (χ4v) is 5.94. The van der Waals surface area contributed by atoms with E-state index in [-0.39, 0.29) is 11.8 Å². The van der Waals surface area contributed by atoms with Gasteiger partial charge in [0.25, 0.3) is 5.91 Å². The van der Waals surface area contributed by atoms with Gasteiger partial charge in [0, 0.05) is 44.0 Å². The number of hydrogen-bond donors (Lipinski definition) is 1. The maximum absolute atomic E-state index is 13.7. The lowest BCUT2D eigenvalue weighted by atomic mass is 9.89. The molecular formula is C33H47N3O2. The highest BCUT2D eigenvalue weighted by molar-refractivity contribution is 6.02. The third kappa shape index (κ3) is 8.34. The van der Waals surface area contributed by atoms with Crippen molar-refractivity contribution in [3.8, 4) is 0 Å². The van der Waals surface area contributed by atoms with Crippen LogP contribution >= 0.6 is 0 Å². The Kier molecular flexibility index (Phi) is 11.1. The van der Waals surface area contributed by atoms with Crippen molar-refractivity contribution in [2.45, 2.75) is 90.4 Å². The average molecular weight is 518 g/mol. The van der Waals surface area contributed by atoms with Gasteiger partial charge in [-0.15, -0.1) is 0 Å². The first-order valence-corrected chi connectivity index (χ1v) is 15.2. The molecule has 38 heavy (non-hydrogen) atoms. The minimum atomic E-state index is 0.0475. The maximum atomic E-state index is 13.7. The summed E-state index contributed by atoms with van der Waals surface area (Å²) in [5.74, 6) is 0.833. The van der Waals surface area contributed by atoms with Gasteiger partial charge in [0.1, 0.15) is 0 Å². The van der Waals surface area contributed by atoms with Crippen molar-refractivity contribution in [3.63, 3.8) is 0 Å². The van der Waals surface area contributed by atoms with Crippen molar-refractivity contribution in [2.75, 3.05) is 36.4 Å². The molecule has 2 aromatic rings. The van der Waals surface area contributed by atoms with E-state index in [1.807, 2.05) is 17.0 Å². The van der Waals surface area contributed by atoms with Gasteiger partial charge in [-0.2, -0.15) is 0 Å². The highest BCUT2D eigenvalue weighted by Crippen LogP contribution is 2.31. The summed E-state index contributed by atoms with van der Waals surface area (Å²) in [7, 11) is 0. The third-order valence-corrected chi connectivity index (χ3v) is 8.23. The van der Waals surface area contributed by atoms with Crippen molar-refractivity contribution in [3.05, 3.63) is 59.7 Å². The number of anilines is 2. The lowest BCUT2D eigenvalue weighted by Gasteiger charge is -2.36. The van der Waals surface area contributed by atoms with Crippen LogP contribution in [0.5, 0.6) is 0 Å². The first-order valence-electron chi connectivity index (χ1n) is 15.2. The molecule has 5 nitrogen and oxygen atoms in total. The van der Waals surface area contributed by atoms with Crippen LogP contribution in [0.15, 0.2) is 48.5 Å². The zero-order valence-corrected chi connectivity index (χ0v) is 23.4. The van der Waals surface area contributed by atoms with Crippen LogP contribution in [0.4, 0.5) is 11.4 Å². The summed E-state index contributed by atoms with van der Waals surface area (Å²) in [4.78, 5) is 30.7. The smallest absolute Gasteiger partial charge is 0.256 e. The monoisotopic (exact) mass is 517 g/mol. The predicted molar refractivity (Wildman–Crippen MR) is 158 cm³/mol. The summed E-state index contributed by atoms with van der Waals surface area (Å²) in [6.45, 7) is 5.79. The van der Waals surface area contributed by atoms with Crippen molar-refractivity contribution in [1.82, 2.24) is 4.90 Å². The Morgan fingerprint density at radius 2 is 1.55 bits per heavy atom. The van der Waals surface area contributed by atoms with Crippen molar-refractivity contribution < 1.29 is 9.59 Å². The van der Waals surface area contributed by atoms with Gasteiger partial charge in [-0.25, -0.2) is 0 Å². The summed E-state index contributed by atoms with van der Waals surface area (Å²) >= 11 is 0. The molecule has 2 amide bonds. The molecule has 0 spiro atoms. The Bertz CT molecular complexity index is 1010. The van der Waals surface area contributed by atoms with Gasteiger partial charge in [0.2, 0.25) is 5.91 Å². The van der Waals surface area contributed by atoms with Gasteiger partial charge in [0.15, 0.2) is 0 Å². The van der Waals surface area contributed by atoms with E-state index in [0.29, 0.717) is 12.3 Å². The molecule has 2 saturated heterocycles. The maximum Gasteiger partial charge on any atom is 0.256 e. The third-order valence-electron chi connectivity index (χ3n) is 8.23.